The van der Waals surface area contributed by atoms with Crippen LogP contribution in [0.1, 0.15) is 37.8 Å². The minimum absolute atomic E-state index is 0.0141. The van der Waals surface area contributed by atoms with E-state index in [1.165, 1.54) is 0 Å². The van der Waals surface area contributed by atoms with Crippen LogP contribution in [-0.4, -0.2) is 75.5 Å². The Labute approximate surface area is 219 Å². The van der Waals surface area contributed by atoms with Gasteiger partial charge in [0.05, 0.1) is 19.6 Å². The smallest absolute Gasteiger partial charge is 0.334 e. The SMILES string of the molecule is C#CCN1CC(=O)N2[C@@H](Cc3ccccc3)C(=O)N(C(CC)CC)C[C@@H]2N1C(=O)NCc1ccccc1. The Hall–Kier alpha value is -3.83. The Kier molecular flexibility index (Phi) is 8.47. The lowest BCUT2D eigenvalue weighted by Crippen LogP contribution is -2.77. The zero-order chi connectivity index (χ0) is 26.4. The van der Waals surface area contributed by atoms with Gasteiger partial charge in [0, 0.05) is 19.0 Å². The molecule has 2 aliphatic heterocycles. The van der Waals surface area contributed by atoms with E-state index < -0.39 is 12.2 Å². The van der Waals surface area contributed by atoms with Crippen LogP contribution in [0.3, 0.4) is 0 Å². The van der Waals surface area contributed by atoms with Crippen LogP contribution in [0.5, 0.6) is 0 Å². The lowest BCUT2D eigenvalue weighted by Gasteiger charge is -2.56. The number of benzene rings is 2. The highest BCUT2D eigenvalue weighted by molar-refractivity contribution is 5.92. The molecule has 2 fully saturated rings. The highest BCUT2D eigenvalue weighted by atomic mass is 16.2. The van der Waals surface area contributed by atoms with Crippen molar-refractivity contribution in [2.24, 2.45) is 0 Å². The third kappa shape index (κ3) is 5.62. The number of amides is 4. The molecular formula is C29H35N5O3. The van der Waals surface area contributed by atoms with E-state index in [-0.39, 0.29) is 43.5 Å². The summed E-state index contributed by atoms with van der Waals surface area (Å²) in [6.45, 7) is 4.73. The number of hydrazine groups is 1. The molecule has 0 unspecified atom stereocenters. The lowest BCUT2D eigenvalue weighted by atomic mass is 9.96. The molecule has 0 bridgehead atoms. The van der Waals surface area contributed by atoms with Crippen molar-refractivity contribution in [1.82, 2.24) is 25.1 Å². The van der Waals surface area contributed by atoms with Gasteiger partial charge in [-0.25, -0.2) is 9.80 Å². The molecule has 1 N–H and O–H groups in total. The van der Waals surface area contributed by atoms with Crippen molar-refractivity contribution in [3.8, 4) is 12.3 Å². The van der Waals surface area contributed by atoms with Crippen LogP contribution in [0, 0.1) is 12.3 Å². The average Bonchev–Trinajstić information content (AvgIpc) is 2.91. The number of carbonyl (C=O) groups excluding carboxylic acids is 3. The molecule has 0 aliphatic carbocycles. The van der Waals surface area contributed by atoms with Gasteiger partial charge in [-0.1, -0.05) is 80.4 Å². The molecule has 2 heterocycles. The highest BCUT2D eigenvalue weighted by Gasteiger charge is 2.52. The molecule has 0 radical (unpaired) electrons. The Morgan fingerprint density at radius 1 is 1.03 bits per heavy atom. The number of hydrogen-bond donors (Lipinski definition) is 1. The largest absolute Gasteiger partial charge is 0.334 e. The van der Waals surface area contributed by atoms with E-state index in [2.05, 4.69) is 25.1 Å². The first-order valence-corrected chi connectivity index (χ1v) is 12.9. The van der Waals surface area contributed by atoms with Gasteiger partial charge in [0.25, 0.3) is 0 Å². The van der Waals surface area contributed by atoms with Crippen molar-refractivity contribution in [3.05, 3.63) is 71.8 Å². The number of terminal acetylenes is 1. The van der Waals surface area contributed by atoms with Crippen LogP contribution in [0.25, 0.3) is 0 Å². The van der Waals surface area contributed by atoms with Crippen molar-refractivity contribution >= 4 is 17.8 Å². The summed E-state index contributed by atoms with van der Waals surface area (Å²) < 4.78 is 0. The quantitative estimate of drug-likeness (QED) is 0.565. The van der Waals surface area contributed by atoms with Crippen LogP contribution in [0.15, 0.2) is 60.7 Å². The summed E-state index contributed by atoms with van der Waals surface area (Å²) in [5.41, 5.74) is 1.92. The van der Waals surface area contributed by atoms with Crippen molar-refractivity contribution < 1.29 is 14.4 Å². The van der Waals surface area contributed by atoms with Gasteiger partial charge in [0.2, 0.25) is 11.8 Å². The number of carbonyl (C=O) groups is 3. The van der Waals surface area contributed by atoms with E-state index >= 15 is 0 Å². The molecule has 37 heavy (non-hydrogen) atoms. The number of piperazine rings is 1. The summed E-state index contributed by atoms with van der Waals surface area (Å²) >= 11 is 0. The molecule has 2 atom stereocenters. The van der Waals surface area contributed by atoms with Crippen LogP contribution in [0.4, 0.5) is 4.79 Å². The fourth-order valence-electron chi connectivity index (χ4n) is 5.35. The zero-order valence-electron chi connectivity index (χ0n) is 21.5. The molecule has 2 aromatic rings. The molecular weight excluding hydrogens is 466 g/mol. The molecule has 194 valence electrons. The van der Waals surface area contributed by atoms with Gasteiger partial charge >= 0.3 is 6.03 Å². The standard InChI is InChI=1S/C29H35N5O3/c1-4-17-31-21-27(35)33-25(18-22-13-9-7-10-14-22)28(36)32(24(5-2)6-3)20-26(33)34(31)29(37)30-19-23-15-11-8-12-16-23/h1,7-16,24-26H,5-6,17-21H2,2-3H3,(H,30,37)/t25-,26-/m0/s1. The molecule has 0 saturated carbocycles. The third-order valence-corrected chi connectivity index (χ3v) is 7.20. The van der Waals surface area contributed by atoms with Gasteiger partial charge in [0.1, 0.15) is 12.2 Å². The van der Waals surface area contributed by atoms with E-state index in [1.54, 1.807) is 14.9 Å². The molecule has 4 amide bonds. The summed E-state index contributed by atoms with van der Waals surface area (Å²) in [5.74, 6) is 2.31. The summed E-state index contributed by atoms with van der Waals surface area (Å²) in [7, 11) is 0. The molecule has 4 rings (SSSR count). The predicted molar refractivity (Wildman–Crippen MR) is 142 cm³/mol. The van der Waals surface area contributed by atoms with E-state index in [0.29, 0.717) is 13.0 Å². The maximum Gasteiger partial charge on any atom is 0.334 e. The van der Waals surface area contributed by atoms with Crippen molar-refractivity contribution in [2.45, 2.75) is 57.9 Å². The monoisotopic (exact) mass is 501 g/mol. The van der Waals surface area contributed by atoms with Gasteiger partial charge in [0.15, 0.2) is 0 Å². The number of rotatable bonds is 8. The number of fused-ring (bicyclic) bond motifs is 1. The topological polar surface area (TPSA) is 76.2 Å². The third-order valence-electron chi connectivity index (χ3n) is 7.20. The minimum Gasteiger partial charge on any atom is -0.334 e. The first kappa shape index (κ1) is 26.2. The second-order valence-electron chi connectivity index (χ2n) is 9.46. The van der Waals surface area contributed by atoms with E-state index in [0.717, 1.165) is 24.0 Å². The molecule has 0 aromatic heterocycles. The van der Waals surface area contributed by atoms with Crippen LogP contribution >= 0.6 is 0 Å². The highest BCUT2D eigenvalue weighted by Crippen LogP contribution is 2.30. The first-order chi connectivity index (χ1) is 18.0. The molecule has 8 nitrogen and oxygen atoms in total. The van der Waals surface area contributed by atoms with Gasteiger partial charge in [-0.05, 0) is 24.0 Å². The maximum atomic E-state index is 13.9. The average molecular weight is 502 g/mol. The number of nitrogens with one attached hydrogen (secondary N) is 1. The first-order valence-electron chi connectivity index (χ1n) is 12.9. The Morgan fingerprint density at radius 2 is 1.65 bits per heavy atom. The maximum absolute atomic E-state index is 13.9. The molecule has 0 spiro atoms. The number of hydrogen-bond acceptors (Lipinski definition) is 4. The van der Waals surface area contributed by atoms with Crippen molar-refractivity contribution in [3.63, 3.8) is 0 Å². The second kappa shape index (κ2) is 11.9. The molecule has 2 saturated heterocycles. The summed E-state index contributed by atoms with van der Waals surface area (Å²) in [6.07, 6.45) is 6.93. The van der Waals surface area contributed by atoms with Gasteiger partial charge in [-0.2, -0.15) is 5.01 Å². The number of urea groups is 1. The summed E-state index contributed by atoms with van der Waals surface area (Å²) in [6, 6.07) is 18.3. The second-order valence-corrected chi connectivity index (χ2v) is 9.46. The fraction of sp³-hybridized carbons (Fsp3) is 0.414. The Balaban J connectivity index is 1.69. The van der Waals surface area contributed by atoms with E-state index in [4.69, 9.17) is 6.42 Å². The summed E-state index contributed by atoms with van der Waals surface area (Å²) in [4.78, 5) is 44.5. The summed E-state index contributed by atoms with van der Waals surface area (Å²) in [5, 5.41) is 6.16. The molecule has 8 heteroatoms. The van der Waals surface area contributed by atoms with Crippen molar-refractivity contribution in [1.29, 1.82) is 0 Å². The minimum atomic E-state index is -0.702. The number of nitrogens with zero attached hydrogens (tertiary/aromatic N) is 4. The zero-order valence-corrected chi connectivity index (χ0v) is 21.5. The Morgan fingerprint density at radius 3 is 2.24 bits per heavy atom. The fourth-order valence-corrected chi connectivity index (χ4v) is 5.35. The van der Waals surface area contributed by atoms with Gasteiger partial charge < -0.3 is 15.1 Å². The van der Waals surface area contributed by atoms with Crippen LogP contribution in [0.2, 0.25) is 0 Å². The lowest BCUT2D eigenvalue weighted by molar-refractivity contribution is -0.191. The van der Waals surface area contributed by atoms with Gasteiger partial charge in [-0.3, -0.25) is 9.59 Å². The molecule has 2 aliphatic rings. The molecule has 2 aromatic carbocycles. The van der Waals surface area contributed by atoms with Crippen LogP contribution in [-0.2, 0) is 22.6 Å². The van der Waals surface area contributed by atoms with Crippen LogP contribution < -0.4 is 5.32 Å². The Bertz CT molecular complexity index is 1130. The van der Waals surface area contributed by atoms with E-state index in [9.17, 15) is 14.4 Å². The van der Waals surface area contributed by atoms with E-state index in [1.807, 2.05) is 65.6 Å². The van der Waals surface area contributed by atoms with Gasteiger partial charge in [-0.15, -0.1) is 6.42 Å². The normalized spacial score (nSPS) is 20.1. The predicted octanol–water partition coefficient (Wildman–Crippen LogP) is 2.86. The van der Waals surface area contributed by atoms with Crippen molar-refractivity contribution in [2.75, 3.05) is 19.6 Å².